The van der Waals surface area contributed by atoms with E-state index in [0.717, 1.165) is 5.65 Å². The van der Waals surface area contributed by atoms with Gasteiger partial charge in [-0.2, -0.15) is 0 Å². The molecule has 4 rings (SSSR count). The van der Waals surface area contributed by atoms with E-state index in [0.29, 0.717) is 24.7 Å². The van der Waals surface area contributed by atoms with Crippen LogP contribution in [0.2, 0.25) is 0 Å². The van der Waals surface area contributed by atoms with Crippen molar-refractivity contribution in [2.75, 3.05) is 18.4 Å². The summed E-state index contributed by atoms with van der Waals surface area (Å²) in [5, 5.41) is 11.8. The number of hydrogen-bond acceptors (Lipinski definition) is 3. The highest BCUT2D eigenvalue weighted by molar-refractivity contribution is 5.92. The highest BCUT2D eigenvalue weighted by Crippen LogP contribution is 2.39. The minimum atomic E-state index is -0.972. The third-order valence-corrected chi connectivity index (χ3v) is 4.60. The van der Waals surface area contributed by atoms with Crippen LogP contribution < -0.4 is 5.32 Å². The molecule has 120 valence electrons. The van der Waals surface area contributed by atoms with Crippen molar-refractivity contribution in [3.63, 3.8) is 0 Å². The van der Waals surface area contributed by atoms with Gasteiger partial charge in [-0.05, 0) is 36.8 Å². The molecule has 1 saturated heterocycles. The number of imidazole rings is 1. The maximum atomic E-state index is 12.3. The largest absolute Gasteiger partial charge is 0.465 e. The topological polar surface area (TPSA) is 86.9 Å². The number of fused-ring (bicyclic) bond motifs is 1. The van der Waals surface area contributed by atoms with Crippen LogP contribution in [0, 0.1) is 5.92 Å². The van der Waals surface area contributed by atoms with E-state index in [1.165, 1.54) is 23.3 Å². The molecule has 2 N–H and O–H groups in total. The molecule has 2 aromatic rings. The molecule has 1 saturated carbocycles. The average molecular weight is 314 g/mol. The van der Waals surface area contributed by atoms with E-state index in [1.54, 1.807) is 0 Å². The molecule has 0 bridgehead atoms. The van der Waals surface area contributed by atoms with Crippen LogP contribution in [0.3, 0.4) is 0 Å². The first-order valence-corrected chi connectivity index (χ1v) is 7.87. The minimum Gasteiger partial charge on any atom is -0.465 e. The minimum absolute atomic E-state index is 0.167. The van der Waals surface area contributed by atoms with Crippen molar-refractivity contribution in [1.29, 1.82) is 0 Å². The third kappa shape index (κ3) is 2.74. The second-order valence-electron chi connectivity index (χ2n) is 6.33. The molecule has 23 heavy (non-hydrogen) atoms. The van der Waals surface area contributed by atoms with E-state index >= 15 is 0 Å². The molecule has 0 spiro atoms. The summed E-state index contributed by atoms with van der Waals surface area (Å²) in [7, 11) is 0. The SMILES string of the molecule is O=C(Nc1cn2cc(C3CC3)ccc2n1)[C@H]1CCN(C(=O)O)C1. The number of carbonyl (C=O) groups excluding carboxylic acids is 1. The predicted molar refractivity (Wildman–Crippen MR) is 83.5 cm³/mol. The Morgan fingerprint density at radius 2 is 2.04 bits per heavy atom. The fraction of sp³-hybridized carbons (Fsp3) is 0.438. The van der Waals surface area contributed by atoms with Gasteiger partial charge >= 0.3 is 6.09 Å². The lowest BCUT2D eigenvalue weighted by Crippen LogP contribution is -2.30. The van der Waals surface area contributed by atoms with Gasteiger partial charge in [0.15, 0.2) is 5.82 Å². The van der Waals surface area contributed by atoms with Crippen molar-refractivity contribution in [2.24, 2.45) is 5.92 Å². The number of pyridine rings is 1. The molecule has 0 radical (unpaired) electrons. The molecule has 1 aliphatic heterocycles. The quantitative estimate of drug-likeness (QED) is 0.909. The summed E-state index contributed by atoms with van der Waals surface area (Å²) >= 11 is 0. The van der Waals surface area contributed by atoms with E-state index in [4.69, 9.17) is 5.11 Å². The fourth-order valence-electron chi connectivity index (χ4n) is 3.10. The number of likely N-dealkylation sites (tertiary alicyclic amines) is 1. The number of amides is 2. The van der Waals surface area contributed by atoms with E-state index in [-0.39, 0.29) is 18.4 Å². The Hall–Kier alpha value is -2.57. The summed E-state index contributed by atoms with van der Waals surface area (Å²) in [5.41, 5.74) is 2.10. The van der Waals surface area contributed by atoms with E-state index < -0.39 is 6.09 Å². The summed E-state index contributed by atoms with van der Waals surface area (Å²) in [4.78, 5) is 28.9. The first kappa shape index (κ1) is 14.0. The lowest BCUT2D eigenvalue weighted by atomic mass is 10.1. The van der Waals surface area contributed by atoms with Crippen LogP contribution in [0.15, 0.2) is 24.5 Å². The van der Waals surface area contributed by atoms with Crippen molar-refractivity contribution < 1.29 is 14.7 Å². The van der Waals surface area contributed by atoms with Crippen LogP contribution in [-0.4, -0.2) is 44.5 Å². The number of carbonyl (C=O) groups is 2. The summed E-state index contributed by atoms with van der Waals surface area (Å²) in [6.45, 7) is 0.656. The number of carboxylic acid groups (broad SMARTS) is 1. The van der Waals surface area contributed by atoms with Gasteiger partial charge in [0.1, 0.15) is 5.65 Å². The number of aromatic nitrogens is 2. The van der Waals surface area contributed by atoms with Gasteiger partial charge in [-0.3, -0.25) is 4.79 Å². The van der Waals surface area contributed by atoms with Gasteiger partial charge in [-0.25, -0.2) is 9.78 Å². The van der Waals surface area contributed by atoms with Crippen molar-refractivity contribution in [2.45, 2.75) is 25.2 Å². The molecule has 0 aromatic carbocycles. The molecule has 2 fully saturated rings. The highest BCUT2D eigenvalue weighted by Gasteiger charge is 2.31. The molecule has 1 aliphatic carbocycles. The summed E-state index contributed by atoms with van der Waals surface area (Å²) in [6.07, 6.45) is 5.94. The maximum Gasteiger partial charge on any atom is 0.407 e. The van der Waals surface area contributed by atoms with Gasteiger partial charge < -0.3 is 19.7 Å². The van der Waals surface area contributed by atoms with Crippen LogP contribution in [0.25, 0.3) is 5.65 Å². The summed E-state index contributed by atoms with van der Waals surface area (Å²) < 4.78 is 1.93. The van der Waals surface area contributed by atoms with Crippen LogP contribution in [0.1, 0.15) is 30.7 Å². The normalized spacial score (nSPS) is 20.9. The lowest BCUT2D eigenvalue weighted by Gasteiger charge is -2.11. The monoisotopic (exact) mass is 314 g/mol. The van der Waals surface area contributed by atoms with Crippen molar-refractivity contribution in [3.8, 4) is 0 Å². The van der Waals surface area contributed by atoms with Crippen LogP contribution in [0.5, 0.6) is 0 Å². The molecule has 7 heteroatoms. The van der Waals surface area contributed by atoms with Crippen molar-refractivity contribution in [1.82, 2.24) is 14.3 Å². The predicted octanol–water partition coefficient (Wildman–Crippen LogP) is 2.15. The number of rotatable bonds is 3. The maximum absolute atomic E-state index is 12.3. The van der Waals surface area contributed by atoms with Crippen molar-refractivity contribution >= 4 is 23.5 Å². The van der Waals surface area contributed by atoms with E-state index in [2.05, 4.69) is 22.6 Å². The lowest BCUT2D eigenvalue weighted by molar-refractivity contribution is -0.119. The number of hydrogen-bond donors (Lipinski definition) is 2. The highest BCUT2D eigenvalue weighted by atomic mass is 16.4. The zero-order valence-electron chi connectivity index (χ0n) is 12.6. The molecule has 2 amide bonds. The Labute approximate surface area is 132 Å². The van der Waals surface area contributed by atoms with Gasteiger partial charge in [0.2, 0.25) is 5.91 Å². The Kier molecular flexibility index (Phi) is 3.21. The third-order valence-electron chi connectivity index (χ3n) is 4.60. The van der Waals surface area contributed by atoms with Gasteiger partial charge in [0, 0.05) is 19.3 Å². The summed E-state index contributed by atoms with van der Waals surface area (Å²) in [5.74, 6) is 0.703. The van der Waals surface area contributed by atoms with Crippen LogP contribution in [-0.2, 0) is 4.79 Å². The number of anilines is 1. The number of nitrogens with zero attached hydrogens (tertiary/aromatic N) is 3. The molecular weight excluding hydrogens is 296 g/mol. The molecule has 7 nitrogen and oxygen atoms in total. The Morgan fingerprint density at radius 1 is 1.22 bits per heavy atom. The molecule has 1 atom stereocenters. The smallest absolute Gasteiger partial charge is 0.407 e. The van der Waals surface area contributed by atoms with E-state index in [1.807, 2.05) is 16.7 Å². The Balaban J connectivity index is 1.47. The first-order chi connectivity index (χ1) is 11.1. The molecular formula is C16H18N4O3. The Bertz CT molecular complexity index is 781. The molecule has 2 aromatic heterocycles. The van der Waals surface area contributed by atoms with Crippen LogP contribution >= 0.6 is 0 Å². The van der Waals surface area contributed by atoms with E-state index in [9.17, 15) is 9.59 Å². The molecule has 3 heterocycles. The zero-order valence-corrected chi connectivity index (χ0v) is 12.6. The Morgan fingerprint density at radius 3 is 2.74 bits per heavy atom. The number of nitrogens with one attached hydrogen (secondary N) is 1. The summed E-state index contributed by atoms with van der Waals surface area (Å²) in [6, 6.07) is 4.05. The van der Waals surface area contributed by atoms with Gasteiger partial charge in [-0.1, -0.05) is 6.07 Å². The van der Waals surface area contributed by atoms with Crippen LogP contribution in [0.4, 0.5) is 10.6 Å². The molecule has 0 unspecified atom stereocenters. The first-order valence-electron chi connectivity index (χ1n) is 7.87. The van der Waals surface area contributed by atoms with Crippen molar-refractivity contribution in [3.05, 3.63) is 30.1 Å². The fourth-order valence-corrected chi connectivity index (χ4v) is 3.10. The molecule has 2 aliphatic rings. The van der Waals surface area contributed by atoms with Gasteiger partial charge in [0.05, 0.1) is 12.1 Å². The average Bonchev–Trinajstić information content (AvgIpc) is 3.10. The second-order valence-corrected chi connectivity index (χ2v) is 6.33. The standard InChI is InChI=1S/C16H18N4O3/c21-15(12-5-6-19(8-12)16(22)23)18-13-9-20-7-11(10-1-2-10)3-4-14(20)17-13/h3-4,7,9-10,12H,1-2,5-6,8H2,(H,18,21)(H,22,23)/t12-/m0/s1. The van der Waals surface area contributed by atoms with Gasteiger partial charge in [0.25, 0.3) is 0 Å². The van der Waals surface area contributed by atoms with Gasteiger partial charge in [-0.15, -0.1) is 0 Å². The second kappa shape index (κ2) is 5.26. The zero-order chi connectivity index (χ0) is 16.0.